The Morgan fingerprint density at radius 2 is 0.714 bits per heavy atom. The van der Waals surface area contributed by atoms with Crippen LogP contribution in [0.15, 0.2) is 261 Å². The number of hydrogen-bond donors (Lipinski definition) is 0. The monoisotopic (exact) mass is 805 g/mol. The minimum absolute atomic E-state index is 0.101. The third-order valence-electron chi connectivity index (χ3n) is 12.0. The van der Waals surface area contributed by atoms with E-state index >= 15 is 0 Å². The van der Waals surface area contributed by atoms with E-state index in [4.69, 9.17) is 0 Å². The summed E-state index contributed by atoms with van der Waals surface area (Å²) in [5.41, 5.74) is 13.3. The van der Waals surface area contributed by atoms with E-state index in [1.54, 1.807) is 0 Å². The van der Waals surface area contributed by atoms with Crippen molar-refractivity contribution in [1.29, 1.82) is 0 Å². The van der Waals surface area contributed by atoms with Crippen LogP contribution in [0.5, 0.6) is 0 Å². The van der Waals surface area contributed by atoms with Gasteiger partial charge in [0, 0.05) is 17.1 Å². The number of hydrogen-bond acceptors (Lipinski definition) is 1. The maximum Gasteiger partial charge on any atom is 0.0645 e. The molecular weight excluding hydrogens is 759 g/mol. The molecule has 0 saturated carbocycles. The van der Waals surface area contributed by atoms with Gasteiger partial charge in [0.1, 0.15) is 0 Å². The van der Waals surface area contributed by atoms with Crippen molar-refractivity contribution in [1.82, 2.24) is 0 Å². The third kappa shape index (κ3) is 7.47. The van der Waals surface area contributed by atoms with Gasteiger partial charge in [-0.05, 0) is 131 Å². The van der Waals surface area contributed by atoms with E-state index in [-0.39, 0.29) is 35.4 Å². The summed E-state index contributed by atoms with van der Waals surface area (Å²) in [5, 5.41) is 4.72. The molecule has 63 heavy (non-hydrogen) atoms. The van der Waals surface area contributed by atoms with Crippen molar-refractivity contribution in [3.05, 3.63) is 261 Å². The molecule has 0 N–H and O–H groups in total. The lowest BCUT2D eigenvalue weighted by Crippen LogP contribution is -2.09. The van der Waals surface area contributed by atoms with Crippen LogP contribution in [-0.4, -0.2) is 0 Å². The Morgan fingerprint density at radius 3 is 1.40 bits per heavy atom. The minimum atomic E-state index is -0.125. The Kier molecular flexibility index (Phi) is 8.84. The lowest BCUT2D eigenvalue weighted by atomic mass is 9.90. The summed E-state index contributed by atoms with van der Waals surface area (Å²) < 4.78 is 38.1. The van der Waals surface area contributed by atoms with Crippen LogP contribution in [0.25, 0.3) is 88.3 Å². The molecule has 11 aromatic carbocycles. The Labute approximate surface area is 375 Å². The van der Waals surface area contributed by atoms with E-state index in [2.05, 4.69) is 152 Å². The summed E-state index contributed by atoms with van der Waals surface area (Å²) in [6.07, 6.45) is 0. The van der Waals surface area contributed by atoms with Gasteiger partial charge in [-0.15, -0.1) is 0 Å². The van der Waals surface area contributed by atoms with Crippen LogP contribution in [0.3, 0.4) is 0 Å². The number of rotatable bonds is 9. The average Bonchev–Trinajstić information content (AvgIpc) is 3.40. The normalized spacial score (nSPS) is 12.1. The van der Waals surface area contributed by atoms with Gasteiger partial charge in [-0.1, -0.05) is 218 Å². The van der Waals surface area contributed by atoms with Crippen molar-refractivity contribution in [2.75, 3.05) is 4.90 Å². The second kappa shape index (κ2) is 16.7. The van der Waals surface area contributed by atoms with Crippen molar-refractivity contribution < 1.29 is 5.48 Å². The van der Waals surface area contributed by atoms with Crippen LogP contribution in [0, 0.1) is 0 Å². The molecule has 11 aromatic rings. The highest BCUT2D eigenvalue weighted by atomic mass is 15.1. The first-order chi connectivity index (χ1) is 32.9. The lowest BCUT2D eigenvalue weighted by molar-refractivity contribution is 1.28. The summed E-state index contributed by atoms with van der Waals surface area (Å²) in [5.74, 6) is 0. The molecule has 0 aliphatic carbocycles. The first-order valence-corrected chi connectivity index (χ1v) is 21.3. The van der Waals surface area contributed by atoms with E-state index in [1.165, 1.54) is 16.3 Å². The molecule has 0 heterocycles. The summed E-state index contributed by atoms with van der Waals surface area (Å²) in [4.78, 5) is 1.86. The van der Waals surface area contributed by atoms with E-state index in [0.717, 1.165) is 60.8 Å². The molecule has 1 heteroatoms. The van der Waals surface area contributed by atoms with Crippen LogP contribution in [0.1, 0.15) is 5.48 Å². The third-order valence-corrected chi connectivity index (χ3v) is 12.0. The van der Waals surface area contributed by atoms with Gasteiger partial charge >= 0.3 is 0 Å². The SMILES string of the molecule is [2H]c1c([2H])c(N(c2ccc(-c3cccc(-c4cccc5ccccc45)c3)cc2)c2ccc(-c3ccc4ccccc4c3-c3ccccc3)cc2)c([2H])c([2H])c1-c1ccc(-c2ccccc2)cc1. The molecule has 0 aromatic heterocycles. The highest BCUT2D eigenvalue weighted by Gasteiger charge is 2.17. The fraction of sp³-hybridized carbons (Fsp3) is 0. The average molecular weight is 806 g/mol. The molecule has 0 unspecified atom stereocenters. The molecule has 0 aliphatic rings. The summed E-state index contributed by atoms with van der Waals surface area (Å²) in [7, 11) is 0. The number of fused-ring (bicyclic) bond motifs is 2. The fourth-order valence-electron chi connectivity index (χ4n) is 8.79. The molecule has 0 fully saturated rings. The van der Waals surface area contributed by atoms with Gasteiger partial charge in [0.25, 0.3) is 0 Å². The molecule has 0 atom stereocenters. The fourth-order valence-corrected chi connectivity index (χ4v) is 8.79. The molecule has 0 saturated heterocycles. The van der Waals surface area contributed by atoms with Gasteiger partial charge in [0.15, 0.2) is 0 Å². The van der Waals surface area contributed by atoms with E-state index < -0.39 is 0 Å². The number of anilines is 3. The molecule has 0 amide bonds. The predicted octanol–water partition coefficient (Wildman–Crippen LogP) is 17.5. The minimum Gasteiger partial charge on any atom is -0.311 e. The zero-order valence-electron chi connectivity index (χ0n) is 38.5. The van der Waals surface area contributed by atoms with Crippen molar-refractivity contribution >= 4 is 38.6 Å². The Morgan fingerprint density at radius 1 is 0.254 bits per heavy atom. The second-order valence-corrected chi connectivity index (χ2v) is 15.8. The van der Waals surface area contributed by atoms with Gasteiger partial charge in [-0.2, -0.15) is 0 Å². The lowest BCUT2D eigenvalue weighted by Gasteiger charge is -2.26. The quantitative estimate of drug-likeness (QED) is 0.140. The summed E-state index contributed by atoms with van der Waals surface area (Å²) in [6, 6.07) is 80.4. The molecular formula is C62H43N. The second-order valence-electron chi connectivity index (χ2n) is 15.8. The highest BCUT2D eigenvalue weighted by Crippen LogP contribution is 2.42. The molecule has 0 bridgehead atoms. The number of benzene rings is 11. The largest absolute Gasteiger partial charge is 0.311 e. The number of nitrogens with zero attached hydrogens (tertiary/aromatic N) is 1. The zero-order chi connectivity index (χ0) is 45.4. The highest BCUT2D eigenvalue weighted by molar-refractivity contribution is 6.04. The first kappa shape index (κ1) is 33.5. The topological polar surface area (TPSA) is 3.24 Å². The predicted molar refractivity (Wildman–Crippen MR) is 269 cm³/mol. The Bertz CT molecular complexity index is 3550. The van der Waals surface area contributed by atoms with Crippen molar-refractivity contribution in [3.63, 3.8) is 0 Å². The van der Waals surface area contributed by atoms with Crippen LogP contribution in [0.2, 0.25) is 0 Å². The molecule has 0 spiro atoms. The molecule has 11 rings (SSSR count). The van der Waals surface area contributed by atoms with Crippen molar-refractivity contribution in [3.8, 4) is 66.8 Å². The van der Waals surface area contributed by atoms with Crippen molar-refractivity contribution in [2.45, 2.75) is 0 Å². The molecule has 1 nitrogen and oxygen atoms in total. The zero-order valence-corrected chi connectivity index (χ0v) is 34.5. The first-order valence-electron chi connectivity index (χ1n) is 23.3. The standard InChI is InChI=1S/C62H43N/c1-3-13-44(14-4-1)45-25-27-46(28-26-45)47-29-36-55(37-30-47)63(56-38-31-48(32-39-56)53-20-11-21-54(43-53)59-24-12-19-49-15-7-9-22-58(49)59)57-40-33-51(34-41-57)61-42-35-50-16-8-10-23-60(50)62(61)52-17-5-2-6-18-52/h1-43H/i29D,30D,36D,37D. The van der Waals surface area contributed by atoms with E-state index in [1.807, 2.05) is 89.8 Å². The summed E-state index contributed by atoms with van der Waals surface area (Å²) >= 11 is 0. The molecule has 0 radical (unpaired) electrons. The smallest absolute Gasteiger partial charge is 0.0645 e. The van der Waals surface area contributed by atoms with Gasteiger partial charge in [0.2, 0.25) is 0 Å². The molecule has 0 aliphatic heterocycles. The van der Waals surface area contributed by atoms with Gasteiger partial charge in [-0.3, -0.25) is 0 Å². The van der Waals surface area contributed by atoms with Crippen molar-refractivity contribution in [2.24, 2.45) is 0 Å². The van der Waals surface area contributed by atoms with Gasteiger partial charge in [-0.25, -0.2) is 0 Å². The van der Waals surface area contributed by atoms with Gasteiger partial charge < -0.3 is 4.90 Å². The van der Waals surface area contributed by atoms with Crippen LogP contribution >= 0.6 is 0 Å². The Hall–Kier alpha value is -8.26. The van der Waals surface area contributed by atoms with E-state index in [0.29, 0.717) is 16.9 Å². The maximum atomic E-state index is 9.61. The van der Waals surface area contributed by atoms with Crippen LogP contribution in [0.4, 0.5) is 17.1 Å². The van der Waals surface area contributed by atoms with Crippen LogP contribution in [-0.2, 0) is 0 Å². The Balaban J connectivity index is 1.02. The summed E-state index contributed by atoms with van der Waals surface area (Å²) in [6.45, 7) is 0. The van der Waals surface area contributed by atoms with Crippen LogP contribution < -0.4 is 4.90 Å². The van der Waals surface area contributed by atoms with Gasteiger partial charge in [0.05, 0.1) is 5.48 Å². The molecule has 296 valence electrons. The van der Waals surface area contributed by atoms with E-state index in [9.17, 15) is 5.48 Å². The maximum absolute atomic E-state index is 9.61.